The van der Waals surface area contributed by atoms with Crippen LogP contribution in [0.2, 0.25) is 0 Å². The van der Waals surface area contributed by atoms with Gasteiger partial charge in [-0.15, -0.1) is 11.6 Å². The zero-order valence-corrected chi connectivity index (χ0v) is 14.9. The molecule has 3 fully saturated rings. The summed E-state index contributed by atoms with van der Waals surface area (Å²) in [4.78, 5) is 0. The molecule has 4 rings (SSSR count). The average molecular weight is 319 g/mol. The first-order valence-corrected chi connectivity index (χ1v) is 9.91. The fraction of sp³-hybridized carbons (Fsp3) is 0.714. The van der Waals surface area contributed by atoms with Crippen molar-refractivity contribution in [1.82, 2.24) is 0 Å². The van der Waals surface area contributed by atoms with Crippen molar-refractivity contribution in [1.29, 1.82) is 0 Å². The summed E-state index contributed by atoms with van der Waals surface area (Å²) in [6, 6.07) is 9.69. The number of fused-ring (bicyclic) bond motifs is 3. The van der Waals surface area contributed by atoms with Crippen LogP contribution in [0.1, 0.15) is 82.3 Å². The highest BCUT2D eigenvalue weighted by Gasteiger charge is 2.48. The first-order valence-electron chi connectivity index (χ1n) is 9.37. The first kappa shape index (κ1) is 16.4. The van der Waals surface area contributed by atoms with Crippen molar-refractivity contribution >= 4 is 11.6 Å². The molecule has 0 atom stereocenters. The van der Waals surface area contributed by atoms with Gasteiger partial charge in [0.2, 0.25) is 0 Å². The van der Waals surface area contributed by atoms with Crippen LogP contribution in [0.25, 0.3) is 0 Å². The maximum absolute atomic E-state index is 6.04. The van der Waals surface area contributed by atoms with Crippen LogP contribution in [0, 0.1) is 5.41 Å². The van der Waals surface area contributed by atoms with Gasteiger partial charge in [-0.3, -0.25) is 0 Å². The number of halogens is 1. The summed E-state index contributed by atoms with van der Waals surface area (Å²) in [6.45, 7) is 2.28. The largest absolute Gasteiger partial charge is 0.127 e. The number of rotatable bonds is 7. The lowest BCUT2D eigenvalue weighted by atomic mass is 9.51. The molecular weight excluding hydrogens is 288 g/mol. The van der Waals surface area contributed by atoms with E-state index in [4.69, 9.17) is 11.6 Å². The predicted molar refractivity (Wildman–Crippen MR) is 96.8 cm³/mol. The molecule has 2 bridgehead atoms. The Morgan fingerprint density at radius 3 is 2.09 bits per heavy atom. The van der Waals surface area contributed by atoms with E-state index in [1.54, 1.807) is 5.56 Å². The van der Waals surface area contributed by atoms with Gasteiger partial charge in [0, 0.05) is 5.88 Å². The van der Waals surface area contributed by atoms with Gasteiger partial charge in [-0.1, -0.05) is 44.0 Å². The third kappa shape index (κ3) is 3.23. The lowest BCUT2D eigenvalue weighted by Gasteiger charge is -2.54. The minimum absolute atomic E-state index is 0.496. The molecule has 3 aliphatic carbocycles. The molecule has 0 N–H and O–H groups in total. The molecule has 1 aromatic carbocycles. The van der Waals surface area contributed by atoms with Crippen LogP contribution < -0.4 is 0 Å². The highest BCUT2D eigenvalue weighted by molar-refractivity contribution is 6.17. The van der Waals surface area contributed by atoms with E-state index in [0.717, 1.165) is 5.88 Å². The molecule has 22 heavy (non-hydrogen) atoms. The van der Waals surface area contributed by atoms with E-state index >= 15 is 0 Å². The van der Waals surface area contributed by atoms with E-state index in [0.29, 0.717) is 10.8 Å². The van der Waals surface area contributed by atoms with Crippen LogP contribution >= 0.6 is 11.6 Å². The van der Waals surface area contributed by atoms with Crippen molar-refractivity contribution in [3.63, 3.8) is 0 Å². The van der Waals surface area contributed by atoms with E-state index in [2.05, 4.69) is 31.2 Å². The van der Waals surface area contributed by atoms with Crippen LogP contribution in [-0.2, 0) is 11.8 Å². The van der Waals surface area contributed by atoms with E-state index in [1.807, 2.05) is 0 Å². The number of aryl methyl sites for hydroxylation is 1. The number of benzene rings is 1. The van der Waals surface area contributed by atoms with Crippen LogP contribution in [0.5, 0.6) is 0 Å². The Hall–Kier alpha value is -0.490. The lowest BCUT2D eigenvalue weighted by Crippen LogP contribution is -2.44. The van der Waals surface area contributed by atoms with Crippen LogP contribution in [0.15, 0.2) is 24.3 Å². The molecule has 0 heterocycles. The summed E-state index contributed by atoms with van der Waals surface area (Å²) in [7, 11) is 0. The highest BCUT2D eigenvalue weighted by Crippen LogP contribution is 2.59. The van der Waals surface area contributed by atoms with Crippen molar-refractivity contribution in [2.24, 2.45) is 5.41 Å². The Morgan fingerprint density at radius 1 is 0.909 bits per heavy atom. The summed E-state index contributed by atoms with van der Waals surface area (Å²) in [5.41, 5.74) is 4.24. The van der Waals surface area contributed by atoms with Gasteiger partial charge in [0.15, 0.2) is 0 Å². The van der Waals surface area contributed by atoms with Gasteiger partial charge in [-0.25, -0.2) is 0 Å². The molecule has 0 aliphatic heterocycles. The van der Waals surface area contributed by atoms with Crippen molar-refractivity contribution in [2.75, 3.05) is 5.88 Å². The zero-order chi connectivity index (χ0) is 15.5. The molecule has 0 spiro atoms. The van der Waals surface area contributed by atoms with E-state index in [9.17, 15) is 0 Å². The second-order valence-corrected chi connectivity index (χ2v) is 8.25. The Morgan fingerprint density at radius 2 is 1.55 bits per heavy atom. The average Bonchev–Trinajstić information content (AvgIpc) is 2.57. The fourth-order valence-corrected chi connectivity index (χ4v) is 5.28. The molecule has 1 heteroatoms. The van der Waals surface area contributed by atoms with Crippen molar-refractivity contribution in [3.8, 4) is 0 Å². The zero-order valence-electron chi connectivity index (χ0n) is 14.2. The molecule has 1 aromatic rings. The third-order valence-corrected chi connectivity index (χ3v) is 6.85. The second-order valence-electron chi connectivity index (χ2n) is 7.87. The third-order valence-electron chi connectivity index (χ3n) is 6.66. The molecule has 0 amide bonds. The minimum Gasteiger partial charge on any atom is -0.127 e. The molecular formula is C21H31Cl. The van der Waals surface area contributed by atoms with Crippen molar-refractivity contribution in [2.45, 2.75) is 83.0 Å². The number of alkyl halides is 1. The minimum atomic E-state index is 0.496. The molecule has 0 saturated heterocycles. The molecule has 3 saturated carbocycles. The van der Waals surface area contributed by atoms with Crippen molar-refractivity contribution < 1.29 is 0 Å². The maximum atomic E-state index is 6.04. The van der Waals surface area contributed by atoms with Gasteiger partial charge in [-0.05, 0) is 79.7 Å². The van der Waals surface area contributed by atoms with Gasteiger partial charge < -0.3 is 0 Å². The van der Waals surface area contributed by atoms with Gasteiger partial charge in [-0.2, -0.15) is 0 Å². The molecule has 0 nitrogen and oxygen atoms in total. The van der Waals surface area contributed by atoms with Crippen LogP contribution in [0.4, 0.5) is 0 Å². The molecule has 0 unspecified atom stereocenters. The molecule has 0 radical (unpaired) electrons. The maximum Gasteiger partial charge on any atom is 0.0228 e. The van der Waals surface area contributed by atoms with Crippen molar-refractivity contribution in [3.05, 3.63) is 35.4 Å². The Bertz CT molecular complexity index is 449. The lowest BCUT2D eigenvalue weighted by molar-refractivity contribution is 0.0374. The monoisotopic (exact) mass is 318 g/mol. The number of unbranched alkanes of at least 4 members (excludes halogenated alkanes) is 2. The standard InChI is InChI=1S/C21H31Cl/c1-2-3-4-5-18-6-8-19(9-7-18)21-13-10-20(11-14-21,12-15-21)16-17-22/h6-9H,2-5,10-17H2,1H3. The smallest absolute Gasteiger partial charge is 0.0228 e. The topological polar surface area (TPSA) is 0 Å². The predicted octanol–water partition coefficient (Wildman–Crippen LogP) is 6.64. The first-order chi connectivity index (χ1) is 10.7. The van der Waals surface area contributed by atoms with Gasteiger partial charge in [0.1, 0.15) is 0 Å². The second kappa shape index (κ2) is 6.95. The normalized spacial score (nSPS) is 30.6. The Balaban J connectivity index is 1.65. The highest BCUT2D eigenvalue weighted by atomic mass is 35.5. The SMILES string of the molecule is CCCCCc1ccc(C23CCC(CCCl)(CC2)CC3)cc1. The van der Waals surface area contributed by atoms with Gasteiger partial charge in [0.25, 0.3) is 0 Å². The summed E-state index contributed by atoms with van der Waals surface area (Å²) in [5.74, 6) is 0.847. The van der Waals surface area contributed by atoms with E-state index in [1.165, 1.54) is 76.2 Å². The fourth-order valence-electron chi connectivity index (χ4n) is 4.88. The Labute approximate surface area is 141 Å². The van der Waals surface area contributed by atoms with Gasteiger partial charge >= 0.3 is 0 Å². The van der Waals surface area contributed by atoms with Crippen LogP contribution in [-0.4, -0.2) is 5.88 Å². The summed E-state index contributed by atoms with van der Waals surface area (Å²) in [6.07, 6.45) is 14.9. The van der Waals surface area contributed by atoms with Gasteiger partial charge in [0.05, 0.1) is 0 Å². The number of hydrogen-bond donors (Lipinski definition) is 0. The summed E-state index contributed by atoms with van der Waals surface area (Å²) in [5, 5.41) is 0. The summed E-state index contributed by atoms with van der Waals surface area (Å²) < 4.78 is 0. The van der Waals surface area contributed by atoms with E-state index < -0.39 is 0 Å². The molecule has 3 aliphatic rings. The summed E-state index contributed by atoms with van der Waals surface area (Å²) >= 11 is 6.04. The number of hydrogen-bond acceptors (Lipinski definition) is 0. The molecule has 0 aromatic heterocycles. The Kier molecular flexibility index (Phi) is 5.17. The van der Waals surface area contributed by atoms with Crippen LogP contribution in [0.3, 0.4) is 0 Å². The molecule has 122 valence electrons. The van der Waals surface area contributed by atoms with E-state index in [-0.39, 0.29) is 0 Å². The quantitative estimate of drug-likeness (QED) is 0.390.